The van der Waals surface area contributed by atoms with Crippen molar-refractivity contribution in [3.63, 3.8) is 0 Å². The molecule has 1 rings (SSSR count). The molecular formula is C14H26O5. The van der Waals surface area contributed by atoms with E-state index in [-0.39, 0.29) is 5.78 Å². The van der Waals surface area contributed by atoms with Crippen LogP contribution in [0.25, 0.3) is 0 Å². The molecule has 19 heavy (non-hydrogen) atoms. The minimum absolute atomic E-state index is 0.289. The lowest BCUT2D eigenvalue weighted by Crippen LogP contribution is -2.13. The zero-order valence-electron chi connectivity index (χ0n) is 12.1. The van der Waals surface area contributed by atoms with Crippen molar-refractivity contribution < 1.29 is 24.6 Å². The summed E-state index contributed by atoms with van der Waals surface area (Å²) in [5.74, 6) is -0.432. The maximum Gasteiger partial charge on any atom is 0.332 e. The summed E-state index contributed by atoms with van der Waals surface area (Å²) in [6.45, 7) is 4.81. The van der Waals surface area contributed by atoms with Crippen molar-refractivity contribution in [2.45, 2.75) is 71.8 Å². The van der Waals surface area contributed by atoms with E-state index in [2.05, 4.69) is 0 Å². The van der Waals surface area contributed by atoms with Gasteiger partial charge >= 0.3 is 5.97 Å². The molecule has 1 fully saturated rings. The molecule has 0 amide bonds. The fourth-order valence-corrected chi connectivity index (χ4v) is 1.30. The fourth-order valence-electron chi connectivity index (χ4n) is 1.30. The van der Waals surface area contributed by atoms with Crippen LogP contribution in [0, 0.1) is 0 Å². The van der Waals surface area contributed by atoms with Crippen molar-refractivity contribution >= 4 is 17.5 Å². The molecule has 0 aromatic rings. The largest absolute Gasteiger partial charge is 0.479 e. The fraction of sp³-hybridized carbons (Fsp3) is 0.786. The lowest BCUT2D eigenvalue weighted by atomic mass is 10.00. The van der Waals surface area contributed by atoms with Crippen molar-refractivity contribution in [2.75, 3.05) is 0 Å². The molecule has 1 saturated carbocycles. The van der Waals surface area contributed by atoms with Gasteiger partial charge in [-0.2, -0.15) is 0 Å². The van der Waals surface area contributed by atoms with Crippen molar-refractivity contribution in [1.29, 1.82) is 0 Å². The highest BCUT2D eigenvalue weighted by Gasteiger charge is 2.06. The number of aliphatic carboxylic acids is 1. The zero-order valence-corrected chi connectivity index (χ0v) is 12.1. The molecular weight excluding hydrogens is 248 g/mol. The number of carbonyl (C=O) groups excluding carboxylic acids is 2. The van der Waals surface area contributed by atoms with Crippen LogP contribution in [0.2, 0.25) is 0 Å². The molecule has 0 aromatic heterocycles. The van der Waals surface area contributed by atoms with Crippen molar-refractivity contribution in [1.82, 2.24) is 0 Å². The first-order chi connectivity index (χ1) is 8.81. The Kier molecular flexibility index (Phi) is 14.0. The summed E-state index contributed by atoms with van der Waals surface area (Å²) in [5, 5.41) is 15.8. The predicted octanol–water partition coefficient (Wildman–Crippen LogP) is 2.35. The molecule has 1 atom stereocenters. The Morgan fingerprint density at radius 1 is 1.21 bits per heavy atom. The van der Waals surface area contributed by atoms with E-state index in [0.717, 1.165) is 38.5 Å². The quantitative estimate of drug-likeness (QED) is 0.824. The standard InChI is InChI=1S/C6H10O.C5H10O.C3H6O3/c7-6-4-2-1-3-5-6;1-3-4-5(2)6;1-2(4)3(5)6/h1-5H2;3-4H2,1-2H3;2,4H,1H3,(H,5,6). The van der Waals surface area contributed by atoms with E-state index in [9.17, 15) is 14.4 Å². The van der Waals surface area contributed by atoms with E-state index >= 15 is 0 Å². The molecule has 0 bridgehead atoms. The van der Waals surface area contributed by atoms with Gasteiger partial charge in [-0.3, -0.25) is 4.79 Å². The predicted molar refractivity (Wildman–Crippen MR) is 73.0 cm³/mol. The minimum Gasteiger partial charge on any atom is -0.479 e. The number of aliphatic hydroxyl groups is 1. The molecule has 5 nitrogen and oxygen atoms in total. The van der Waals surface area contributed by atoms with Crippen molar-refractivity contribution in [3.8, 4) is 0 Å². The van der Waals surface area contributed by atoms with Gasteiger partial charge in [0.05, 0.1) is 0 Å². The van der Waals surface area contributed by atoms with Crippen LogP contribution in [0.5, 0.6) is 0 Å². The highest BCUT2D eigenvalue weighted by atomic mass is 16.4. The van der Waals surface area contributed by atoms with Crippen LogP contribution in [-0.4, -0.2) is 33.9 Å². The third kappa shape index (κ3) is 19.3. The molecule has 2 N–H and O–H groups in total. The highest BCUT2D eigenvalue weighted by Crippen LogP contribution is 2.12. The van der Waals surface area contributed by atoms with E-state index in [1.807, 2.05) is 6.92 Å². The third-order valence-electron chi connectivity index (χ3n) is 2.37. The van der Waals surface area contributed by atoms with Crippen LogP contribution < -0.4 is 0 Å². The van der Waals surface area contributed by atoms with Gasteiger partial charge in [0.1, 0.15) is 17.7 Å². The van der Waals surface area contributed by atoms with E-state index in [1.165, 1.54) is 13.3 Å². The van der Waals surface area contributed by atoms with Gasteiger partial charge in [0.2, 0.25) is 0 Å². The maximum atomic E-state index is 10.5. The number of carboxylic acid groups (broad SMARTS) is 1. The molecule has 0 heterocycles. The van der Waals surface area contributed by atoms with E-state index < -0.39 is 12.1 Å². The molecule has 0 radical (unpaired) electrons. The van der Waals surface area contributed by atoms with Gasteiger partial charge in [0.25, 0.3) is 0 Å². The summed E-state index contributed by atoms with van der Waals surface area (Å²) >= 11 is 0. The molecule has 0 spiro atoms. The molecule has 1 unspecified atom stereocenters. The van der Waals surface area contributed by atoms with Gasteiger partial charge in [-0.05, 0) is 33.1 Å². The summed E-state index contributed by atoms with van der Waals surface area (Å²) in [6.07, 6.45) is 5.73. The van der Waals surface area contributed by atoms with Crippen LogP contribution in [0.1, 0.15) is 65.7 Å². The Labute approximate surface area is 115 Å². The minimum atomic E-state index is -1.23. The first kappa shape index (κ1) is 20.1. The van der Waals surface area contributed by atoms with Gasteiger partial charge in [0.15, 0.2) is 0 Å². The molecule has 5 heteroatoms. The number of aliphatic hydroxyl groups excluding tert-OH is 1. The van der Waals surface area contributed by atoms with Crippen LogP contribution in [-0.2, 0) is 14.4 Å². The van der Waals surface area contributed by atoms with Crippen molar-refractivity contribution in [2.24, 2.45) is 0 Å². The van der Waals surface area contributed by atoms with Crippen LogP contribution in [0.4, 0.5) is 0 Å². The summed E-state index contributed by atoms with van der Waals surface area (Å²) in [6, 6.07) is 0. The van der Waals surface area contributed by atoms with Crippen LogP contribution >= 0.6 is 0 Å². The molecule has 1 aliphatic carbocycles. The average Bonchev–Trinajstić information content (AvgIpc) is 2.31. The Morgan fingerprint density at radius 2 is 1.63 bits per heavy atom. The Balaban J connectivity index is 0. The Bertz CT molecular complexity index is 263. The summed E-state index contributed by atoms with van der Waals surface area (Å²) < 4.78 is 0. The second-order valence-corrected chi connectivity index (χ2v) is 4.57. The number of Topliss-reactive ketones (excluding diaryl/α,β-unsaturated/α-hetero) is 2. The molecule has 0 saturated heterocycles. The van der Waals surface area contributed by atoms with Crippen LogP contribution in [0.3, 0.4) is 0 Å². The Hall–Kier alpha value is -1.23. The van der Waals surface area contributed by atoms with Gasteiger partial charge in [-0.15, -0.1) is 0 Å². The number of ketones is 2. The average molecular weight is 274 g/mol. The monoisotopic (exact) mass is 274 g/mol. The van der Waals surface area contributed by atoms with Gasteiger partial charge in [-0.25, -0.2) is 4.79 Å². The van der Waals surface area contributed by atoms with E-state index in [1.54, 1.807) is 6.92 Å². The Morgan fingerprint density at radius 3 is 1.74 bits per heavy atom. The first-order valence-electron chi connectivity index (χ1n) is 6.73. The summed E-state index contributed by atoms with van der Waals surface area (Å²) in [7, 11) is 0. The summed E-state index contributed by atoms with van der Waals surface area (Å²) in [4.78, 5) is 30.0. The molecule has 1 aliphatic rings. The van der Waals surface area contributed by atoms with Gasteiger partial charge < -0.3 is 15.0 Å². The van der Waals surface area contributed by atoms with Gasteiger partial charge in [0, 0.05) is 19.3 Å². The number of hydrogen-bond acceptors (Lipinski definition) is 4. The second kappa shape index (κ2) is 13.2. The molecule has 112 valence electrons. The lowest BCUT2D eigenvalue weighted by molar-refractivity contribution is -0.145. The summed E-state index contributed by atoms with van der Waals surface area (Å²) in [5.41, 5.74) is 0. The second-order valence-electron chi connectivity index (χ2n) is 4.57. The first-order valence-corrected chi connectivity index (χ1v) is 6.73. The number of hydrogen-bond donors (Lipinski definition) is 2. The maximum absolute atomic E-state index is 10.5. The van der Waals surface area contributed by atoms with E-state index in [0.29, 0.717) is 5.78 Å². The lowest BCUT2D eigenvalue weighted by Gasteiger charge is -2.05. The zero-order chi connectivity index (χ0) is 15.3. The normalized spacial score (nSPS) is 15.3. The topological polar surface area (TPSA) is 91.7 Å². The third-order valence-corrected chi connectivity index (χ3v) is 2.37. The molecule has 0 aliphatic heterocycles. The highest BCUT2D eigenvalue weighted by molar-refractivity contribution is 5.78. The number of rotatable bonds is 3. The number of carboxylic acids is 1. The molecule has 0 aromatic carbocycles. The van der Waals surface area contributed by atoms with Gasteiger partial charge in [-0.1, -0.05) is 13.3 Å². The van der Waals surface area contributed by atoms with Crippen molar-refractivity contribution in [3.05, 3.63) is 0 Å². The van der Waals surface area contributed by atoms with E-state index in [4.69, 9.17) is 10.2 Å². The smallest absolute Gasteiger partial charge is 0.332 e. The number of carbonyl (C=O) groups is 3. The van der Waals surface area contributed by atoms with Crippen LogP contribution in [0.15, 0.2) is 0 Å². The SMILES string of the molecule is CC(O)C(=O)O.CCCC(C)=O.O=C1CCCCC1.